The Balaban J connectivity index is 1.31. The summed E-state index contributed by atoms with van der Waals surface area (Å²) in [6, 6.07) is 39.9. The van der Waals surface area contributed by atoms with Gasteiger partial charge in [0, 0.05) is 21.8 Å². The maximum absolute atomic E-state index is 13.5. The molecule has 0 saturated carbocycles. The monoisotopic (exact) mass is 657 g/mol. The van der Waals surface area contributed by atoms with Crippen LogP contribution in [-0.4, -0.2) is 31.4 Å². The lowest BCUT2D eigenvalue weighted by atomic mass is 10.1. The van der Waals surface area contributed by atoms with Gasteiger partial charge in [0.2, 0.25) is 5.91 Å². The largest absolute Gasteiger partial charge is 0.497 e. The number of carbonyl (C=O) groups is 3. The van der Waals surface area contributed by atoms with Crippen LogP contribution < -0.4 is 25.4 Å². The molecule has 0 aliphatic heterocycles. The third-order valence-corrected chi connectivity index (χ3v) is 8.36. The number of ether oxygens (including phenoxy) is 2. The van der Waals surface area contributed by atoms with Gasteiger partial charge in [0.25, 0.3) is 11.8 Å². The summed E-state index contributed by atoms with van der Waals surface area (Å²) in [4.78, 5) is 40.8. The van der Waals surface area contributed by atoms with Crippen molar-refractivity contribution in [1.82, 2.24) is 5.32 Å². The van der Waals surface area contributed by atoms with Crippen molar-refractivity contribution in [3.8, 4) is 11.5 Å². The van der Waals surface area contributed by atoms with E-state index < -0.39 is 17.1 Å². The molecular weight excluding hydrogens is 623 g/mol. The molecule has 9 heteroatoms. The summed E-state index contributed by atoms with van der Waals surface area (Å²) in [5.41, 5.74) is 3.24. The molecule has 0 fully saturated rings. The van der Waals surface area contributed by atoms with E-state index in [9.17, 15) is 14.4 Å². The van der Waals surface area contributed by atoms with Gasteiger partial charge < -0.3 is 25.4 Å². The zero-order chi connectivity index (χ0) is 33.7. The van der Waals surface area contributed by atoms with Gasteiger partial charge in [-0.25, -0.2) is 0 Å². The minimum absolute atomic E-state index is 0.0718. The maximum Gasteiger partial charge on any atom is 0.272 e. The van der Waals surface area contributed by atoms with Crippen molar-refractivity contribution in [3.05, 3.63) is 156 Å². The Morgan fingerprint density at radius 2 is 1.29 bits per heavy atom. The van der Waals surface area contributed by atoms with Gasteiger partial charge in [-0.15, -0.1) is 11.8 Å². The van der Waals surface area contributed by atoms with Crippen LogP contribution in [0.2, 0.25) is 0 Å². The van der Waals surface area contributed by atoms with E-state index in [1.165, 1.54) is 11.8 Å². The summed E-state index contributed by atoms with van der Waals surface area (Å²) >= 11 is 1.40. The summed E-state index contributed by atoms with van der Waals surface area (Å²) in [5.74, 6) is 0.335. The molecule has 3 N–H and O–H groups in total. The van der Waals surface area contributed by atoms with E-state index in [0.717, 1.165) is 16.2 Å². The molecule has 1 atom stereocenters. The Morgan fingerprint density at radius 1 is 0.708 bits per heavy atom. The predicted molar refractivity (Wildman–Crippen MR) is 191 cm³/mol. The number of carbonyl (C=O) groups excluding carboxylic acids is 3. The van der Waals surface area contributed by atoms with E-state index in [1.807, 2.05) is 79.7 Å². The second-order valence-electron chi connectivity index (χ2n) is 10.5. The lowest BCUT2D eigenvalue weighted by Crippen LogP contribution is -2.30. The number of anilines is 2. The predicted octanol–water partition coefficient (Wildman–Crippen LogP) is 7.98. The van der Waals surface area contributed by atoms with Gasteiger partial charge in [0.15, 0.2) is 0 Å². The molecule has 0 bridgehead atoms. The zero-order valence-electron chi connectivity index (χ0n) is 26.5. The van der Waals surface area contributed by atoms with Crippen LogP contribution in [0.3, 0.4) is 0 Å². The van der Waals surface area contributed by atoms with Gasteiger partial charge in [-0.1, -0.05) is 60.7 Å². The number of rotatable bonds is 13. The van der Waals surface area contributed by atoms with Gasteiger partial charge >= 0.3 is 0 Å². The number of nitrogens with one attached hydrogen (secondary N) is 3. The molecule has 5 aromatic rings. The van der Waals surface area contributed by atoms with Crippen molar-refractivity contribution in [1.29, 1.82) is 0 Å². The quantitative estimate of drug-likeness (QED) is 0.0876. The fraction of sp³-hybridized carbons (Fsp3) is 0.103. The number of thioether (sulfide) groups is 1. The highest BCUT2D eigenvalue weighted by Gasteiger charge is 2.23. The average molecular weight is 658 g/mol. The second kappa shape index (κ2) is 16.7. The van der Waals surface area contributed by atoms with Crippen LogP contribution in [0.15, 0.2) is 144 Å². The molecule has 5 aromatic carbocycles. The third kappa shape index (κ3) is 9.37. The van der Waals surface area contributed by atoms with Crippen molar-refractivity contribution in [2.45, 2.75) is 17.1 Å². The Labute approximate surface area is 284 Å². The fourth-order valence-electron chi connectivity index (χ4n) is 4.67. The fourth-order valence-corrected chi connectivity index (χ4v) is 5.69. The van der Waals surface area contributed by atoms with Crippen LogP contribution in [-0.2, 0) is 9.59 Å². The maximum atomic E-state index is 13.5. The highest BCUT2D eigenvalue weighted by atomic mass is 32.2. The highest BCUT2D eigenvalue weighted by Crippen LogP contribution is 2.37. The standard InChI is InChI=1S/C39H35N3O5S/c1-3-47-33-22-16-30(17-23-33)41-39(45)36(28-10-6-4-7-11-28)48-34-24-18-31(19-25-34)40-38(44)35(26-27-14-20-32(46-2)21-15-27)42-37(43)29-12-8-5-9-13-29/h4-26,36H,3H2,1-2H3,(H,40,44)(H,41,45)(H,42,43)/b35-26-. The van der Waals surface area contributed by atoms with Gasteiger partial charge in [0.05, 0.1) is 13.7 Å². The summed E-state index contributed by atoms with van der Waals surface area (Å²) in [5, 5.41) is 8.11. The summed E-state index contributed by atoms with van der Waals surface area (Å²) in [7, 11) is 1.58. The molecule has 1 unspecified atom stereocenters. The van der Waals surface area contributed by atoms with E-state index >= 15 is 0 Å². The van der Waals surface area contributed by atoms with Crippen molar-refractivity contribution >= 4 is 46.9 Å². The van der Waals surface area contributed by atoms with Crippen LogP contribution >= 0.6 is 11.8 Å². The Bertz CT molecular complexity index is 1850. The van der Waals surface area contributed by atoms with Crippen LogP contribution in [0.5, 0.6) is 11.5 Å². The van der Waals surface area contributed by atoms with Crippen LogP contribution in [0.4, 0.5) is 11.4 Å². The van der Waals surface area contributed by atoms with Crippen molar-refractivity contribution in [3.63, 3.8) is 0 Å². The minimum atomic E-state index is -0.537. The van der Waals surface area contributed by atoms with Gasteiger partial charge in [-0.2, -0.15) is 0 Å². The summed E-state index contributed by atoms with van der Waals surface area (Å²) < 4.78 is 10.7. The van der Waals surface area contributed by atoms with Crippen LogP contribution in [0.25, 0.3) is 6.08 Å². The molecule has 0 spiro atoms. The molecule has 242 valence electrons. The number of methoxy groups -OCH3 is 1. The Morgan fingerprint density at radius 3 is 1.92 bits per heavy atom. The lowest BCUT2D eigenvalue weighted by molar-refractivity contribution is -0.116. The normalized spacial score (nSPS) is 11.6. The third-order valence-electron chi connectivity index (χ3n) is 7.10. The lowest BCUT2D eigenvalue weighted by Gasteiger charge is -2.18. The molecular formula is C39H35N3O5S. The Hall–Kier alpha value is -5.80. The first-order chi connectivity index (χ1) is 23.4. The molecule has 48 heavy (non-hydrogen) atoms. The molecule has 8 nitrogen and oxygen atoms in total. The van der Waals surface area contributed by atoms with Crippen molar-refractivity contribution in [2.75, 3.05) is 24.4 Å². The van der Waals surface area contributed by atoms with E-state index in [2.05, 4.69) is 16.0 Å². The van der Waals surface area contributed by atoms with E-state index in [1.54, 1.807) is 73.8 Å². The molecule has 0 aromatic heterocycles. The van der Waals surface area contributed by atoms with Gasteiger partial charge in [-0.05, 0) is 96.9 Å². The average Bonchev–Trinajstić information content (AvgIpc) is 3.13. The van der Waals surface area contributed by atoms with E-state index in [0.29, 0.717) is 34.9 Å². The first-order valence-electron chi connectivity index (χ1n) is 15.3. The molecule has 0 radical (unpaired) electrons. The Kier molecular flexibility index (Phi) is 11.7. The first-order valence-corrected chi connectivity index (χ1v) is 16.2. The van der Waals surface area contributed by atoms with Crippen molar-refractivity contribution < 1.29 is 23.9 Å². The topological polar surface area (TPSA) is 106 Å². The van der Waals surface area contributed by atoms with Crippen LogP contribution in [0.1, 0.15) is 33.7 Å². The van der Waals surface area contributed by atoms with Gasteiger partial charge in [0.1, 0.15) is 22.4 Å². The number of hydrogen-bond donors (Lipinski definition) is 3. The second-order valence-corrected chi connectivity index (χ2v) is 11.7. The first kappa shape index (κ1) is 33.6. The molecule has 0 aliphatic rings. The number of hydrogen-bond acceptors (Lipinski definition) is 6. The number of benzene rings is 5. The molecule has 0 aliphatic carbocycles. The molecule has 0 heterocycles. The molecule has 3 amide bonds. The highest BCUT2D eigenvalue weighted by molar-refractivity contribution is 8.00. The molecule has 5 rings (SSSR count). The smallest absolute Gasteiger partial charge is 0.272 e. The number of amides is 3. The summed E-state index contributed by atoms with van der Waals surface area (Å²) in [6.07, 6.45) is 1.60. The van der Waals surface area contributed by atoms with Crippen LogP contribution in [0, 0.1) is 0 Å². The molecule has 0 saturated heterocycles. The van der Waals surface area contributed by atoms with Gasteiger partial charge in [-0.3, -0.25) is 14.4 Å². The van der Waals surface area contributed by atoms with Crippen molar-refractivity contribution in [2.24, 2.45) is 0 Å². The van der Waals surface area contributed by atoms with E-state index in [-0.39, 0.29) is 11.6 Å². The minimum Gasteiger partial charge on any atom is -0.497 e. The zero-order valence-corrected chi connectivity index (χ0v) is 27.3. The summed E-state index contributed by atoms with van der Waals surface area (Å²) in [6.45, 7) is 2.48. The SMILES string of the molecule is CCOc1ccc(NC(=O)C(Sc2ccc(NC(=O)/C(=C/c3ccc(OC)cc3)NC(=O)c3ccccc3)cc2)c2ccccc2)cc1. The van der Waals surface area contributed by atoms with E-state index in [4.69, 9.17) is 9.47 Å².